The monoisotopic (exact) mass is 185 g/mol. The summed E-state index contributed by atoms with van der Waals surface area (Å²) in [6, 6.07) is 8.20. The highest BCUT2D eigenvalue weighted by Gasteiger charge is 2.01. The van der Waals surface area contributed by atoms with Gasteiger partial charge in [-0.05, 0) is 24.1 Å². The number of hydrogen-bond donors (Lipinski definition) is 0. The van der Waals surface area contributed by atoms with Crippen LogP contribution in [-0.4, -0.2) is 7.11 Å². The molecular formula is C13H13O. The quantitative estimate of drug-likeness (QED) is 0.703. The van der Waals surface area contributed by atoms with Crippen molar-refractivity contribution in [1.29, 1.82) is 0 Å². The minimum atomic E-state index is 0.913. The van der Waals surface area contributed by atoms with Crippen molar-refractivity contribution in [3.8, 4) is 5.75 Å². The zero-order chi connectivity index (χ0) is 9.80. The van der Waals surface area contributed by atoms with Gasteiger partial charge in [0.05, 0.1) is 7.11 Å². The van der Waals surface area contributed by atoms with E-state index in [-0.39, 0.29) is 0 Å². The minimum absolute atomic E-state index is 0.913. The van der Waals surface area contributed by atoms with Crippen LogP contribution in [0.25, 0.3) is 0 Å². The second-order valence-corrected chi connectivity index (χ2v) is 3.32. The molecule has 0 unspecified atom stereocenters. The largest absolute Gasteiger partial charge is 0.497 e. The van der Waals surface area contributed by atoms with E-state index in [4.69, 9.17) is 4.74 Å². The van der Waals surface area contributed by atoms with Crippen LogP contribution in [0.3, 0.4) is 0 Å². The van der Waals surface area contributed by atoms with Crippen molar-refractivity contribution in [1.82, 2.24) is 0 Å². The summed E-state index contributed by atoms with van der Waals surface area (Å²) >= 11 is 0. The number of methoxy groups -OCH3 is 1. The number of rotatable bonds is 3. The van der Waals surface area contributed by atoms with Crippen molar-refractivity contribution in [2.45, 2.75) is 6.42 Å². The Labute approximate surface area is 84.7 Å². The summed E-state index contributed by atoms with van der Waals surface area (Å²) in [6.07, 6.45) is 9.42. The molecule has 2 rings (SSSR count). The van der Waals surface area contributed by atoms with Gasteiger partial charge in [0.15, 0.2) is 0 Å². The molecule has 0 fully saturated rings. The first-order chi connectivity index (χ1) is 6.88. The van der Waals surface area contributed by atoms with Gasteiger partial charge in [0.25, 0.3) is 0 Å². The van der Waals surface area contributed by atoms with E-state index in [0.717, 1.165) is 12.2 Å². The Morgan fingerprint density at radius 2 is 1.86 bits per heavy atom. The molecule has 0 bridgehead atoms. The molecule has 1 nitrogen and oxygen atoms in total. The van der Waals surface area contributed by atoms with Gasteiger partial charge in [-0.1, -0.05) is 35.9 Å². The lowest BCUT2D eigenvalue weighted by molar-refractivity contribution is 0.414. The summed E-state index contributed by atoms with van der Waals surface area (Å²) in [6.45, 7) is 0. The SMILES string of the molecule is COc1ccc(CC2=CC=C[CH]2)cc1. The molecule has 0 saturated heterocycles. The lowest BCUT2D eigenvalue weighted by atomic mass is 10.0. The van der Waals surface area contributed by atoms with E-state index in [0.29, 0.717) is 0 Å². The highest BCUT2D eigenvalue weighted by molar-refractivity contribution is 5.38. The topological polar surface area (TPSA) is 9.23 Å². The van der Waals surface area contributed by atoms with E-state index in [2.05, 4.69) is 36.8 Å². The van der Waals surface area contributed by atoms with Crippen LogP contribution < -0.4 is 4.74 Å². The summed E-state index contributed by atoms with van der Waals surface area (Å²) < 4.78 is 5.10. The van der Waals surface area contributed by atoms with Crippen LogP contribution in [0.5, 0.6) is 5.75 Å². The van der Waals surface area contributed by atoms with Gasteiger partial charge < -0.3 is 4.74 Å². The van der Waals surface area contributed by atoms with Gasteiger partial charge in [-0.2, -0.15) is 0 Å². The van der Waals surface area contributed by atoms with Gasteiger partial charge in [-0.15, -0.1) is 0 Å². The average molecular weight is 185 g/mol. The minimum Gasteiger partial charge on any atom is -0.497 e. The molecule has 1 radical (unpaired) electrons. The first-order valence-electron chi connectivity index (χ1n) is 4.72. The molecule has 0 heterocycles. The summed E-state index contributed by atoms with van der Waals surface area (Å²) in [5.74, 6) is 0.913. The first kappa shape index (κ1) is 9.07. The summed E-state index contributed by atoms with van der Waals surface area (Å²) in [7, 11) is 1.69. The molecule has 0 atom stereocenters. The molecule has 71 valence electrons. The van der Waals surface area contributed by atoms with Gasteiger partial charge in [-0.3, -0.25) is 0 Å². The van der Waals surface area contributed by atoms with Crippen molar-refractivity contribution in [2.24, 2.45) is 0 Å². The van der Waals surface area contributed by atoms with Crippen LogP contribution in [0.1, 0.15) is 5.56 Å². The van der Waals surface area contributed by atoms with Crippen molar-refractivity contribution < 1.29 is 4.74 Å². The number of benzene rings is 1. The second-order valence-electron chi connectivity index (χ2n) is 3.32. The van der Waals surface area contributed by atoms with E-state index in [1.54, 1.807) is 7.11 Å². The lowest BCUT2D eigenvalue weighted by Gasteiger charge is -2.03. The normalized spacial score (nSPS) is 14.2. The van der Waals surface area contributed by atoms with Gasteiger partial charge in [0, 0.05) is 6.42 Å². The molecule has 0 amide bonds. The van der Waals surface area contributed by atoms with Gasteiger partial charge in [0.2, 0.25) is 0 Å². The molecule has 1 aliphatic rings. The predicted octanol–water partition coefficient (Wildman–Crippen LogP) is 2.94. The Morgan fingerprint density at radius 3 is 2.43 bits per heavy atom. The predicted molar refractivity (Wildman–Crippen MR) is 58.2 cm³/mol. The van der Waals surface area contributed by atoms with Gasteiger partial charge >= 0.3 is 0 Å². The zero-order valence-corrected chi connectivity index (χ0v) is 8.23. The fourth-order valence-corrected chi connectivity index (χ4v) is 1.51. The van der Waals surface area contributed by atoms with E-state index in [1.165, 1.54) is 11.1 Å². The maximum Gasteiger partial charge on any atom is 0.118 e. The molecule has 0 aromatic heterocycles. The van der Waals surface area contributed by atoms with Crippen LogP contribution in [0.4, 0.5) is 0 Å². The molecule has 0 saturated carbocycles. The Kier molecular flexibility index (Phi) is 2.68. The van der Waals surface area contributed by atoms with Gasteiger partial charge in [-0.25, -0.2) is 0 Å². The number of ether oxygens (including phenoxy) is 1. The van der Waals surface area contributed by atoms with E-state index < -0.39 is 0 Å². The molecule has 1 aromatic carbocycles. The second kappa shape index (κ2) is 4.14. The van der Waals surface area contributed by atoms with E-state index in [9.17, 15) is 0 Å². The van der Waals surface area contributed by atoms with E-state index in [1.807, 2.05) is 12.1 Å². The molecule has 0 spiro atoms. The molecule has 1 aromatic rings. The standard InChI is InChI=1S/C13H13O/c1-14-13-8-6-12(7-9-13)10-11-4-2-3-5-11/h2-9H,10H2,1H3. The Balaban J connectivity index is 2.03. The van der Waals surface area contributed by atoms with Crippen LogP contribution in [0.2, 0.25) is 0 Å². The third-order valence-electron chi connectivity index (χ3n) is 2.30. The van der Waals surface area contributed by atoms with Crippen molar-refractivity contribution in [3.63, 3.8) is 0 Å². The van der Waals surface area contributed by atoms with Gasteiger partial charge in [0.1, 0.15) is 5.75 Å². The molecule has 1 heteroatoms. The third kappa shape index (κ3) is 2.05. The maximum atomic E-state index is 5.10. The molecular weight excluding hydrogens is 172 g/mol. The smallest absolute Gasteiger partial charge is 0.118 e. The summed E-state index contributed by atoms with van der Waals surface area (Å²) in [5, 5.41) is 0. The Morgan fingerprint density at radius 1 is 1.07 bits per heavy atom. The number of allylic oxidation sites excluding steroid dienone is 4. The molecule has 1 aliphatic carbocycles. The maximum absolute atomic E-state index is 5.10. The molecule has 14 heavy (non-hydrogen) atoms. The summed E-state index contributed by atoms with van der Waals surface area (Å²) in [4.78, 5) is 0. The number of hydrogen-bond acceptors (Lipinski definition) is 1. The van der Waals surface area contributed by atoms with Crippen molar-refractivity contribution in [3.05, 3.63) is 60.1 Å². The molecule has 0 aliphatic heterocycles. The van der Waals surface area contributed by atoms with Crippen molar-refractivity contribution in [2.75, 3.05) is 7.11 Å². The van der Waals surface area contributed by atoms with Crippen LogP contribution in [0, 0.1) is 6.42 Å². The van der Waals surface area contributed by atoms with E-state index >= 15 is 0 Å². The Bertz CT molecular complexity index is 357. The summed E-state index contributed by atoms with van der Waals surface area (Å²) in [5.41, 5.74) is 2.67. The highest BCUT2D eigenvalue weighted by atomic mass is 16.5. The fourth-order valence-electron chi connectivity index (χ4n) is 1.51. The van der Waals surface area contributed by atoms with Crippen LogP contribution >= 0.6 is 0 Å². The Hall–Kier alpha value is -1.50. The molecule has 0 N–H and O–H groups in total. The average Bonchev–Trinajstić information content (AvgIpc) is 2.72. The zero-order valence-electron chi connectivity index (χ0n) is 8.23. The van der Waals surface area contributed by atoms with Crippen molar-refractivity contribution >= 4 is 0 Å². The first-order valence-corrected chi connectivity index (χ1v) is 4.72. The van der Waals surface area contributed by atoms with Crippen LogP contribution in [-0.2, 0) is 6.42 Å². The third-order valence-corrected chi connectivity index (χ3v) is 2.30. The lowest BCUT2D eigenvalue weighted by Crippen LogP contribution is -1.89. The van der Waals surface area contributed by atoms with Crippen LogP contribution in [0.15, 0.2) is 48.1 Å². The highest BCUT2D eigenvalue weighted by Crippen LogP contribution is 2.18. The fraction of sp³-hybridized carbons (Fsp3) is 0.154.